The van der Waals surface area contributed by atoms with E-state index >= 15 is 0 Å². The Hall–Kier alpha value is -1.22. The maximum Gasteiger partial charge on any atom is 0.191 e. The summed E-state index contributed by atoms with van der Waals surface area (Å²) in [5.41, 5.74) is 1.14. The minimum absolute atomic E-state index is 0. The number of benzene rings is 1. The summed E-state index contributed by atoms with van der Waals surface area (Å²) < 4.78 is 10.7. The van der Waals surface area contributed by atoms with Crippen LogP contribution in [0.4, 0.5) is 0 Å². The van der Waals surface area contributed by atoms with Crippen molar-refractivity contribution in [1.82, 2.24) is 15.5 Å². The number of ether oxygens (including phenoxy) is 2. The highest BCUT2D eigenvalue weighted by atomic mass is 127. The molecule has 0 bridgehead atoms. The highest BCUT2D eigenvalue weighted by Crippen LogP contribution is 2.31. The molecule has 25 heavy (non-hydrogen) atoms. The first-order chi connectivity index (χ1) is 11.4. The molecular weight excluding hydrogens is 431 g/mol. The van der Waals surface area contributed by atoms with E-state index in [-0.39, 0.29) is 30.0 Å². The van der Waals surface area contributed by atoms with Crippen molar-refractivity contribution in [2.24, 2.45) is 4.99 Å². The minimum atomic E-state index is 0. The third-order valence-electron chi connectivity index (χ3n) is 3.61. The summed E-state index contributed by atoms with van der Waals surface area (Å²) in [6.07, 6.45) is 0. The van der Waals surface area contributed by atoms with Crippen molar-refractivity contribution >= 4 is 29.9 Å². The zero-order valence-electron chi connectivity index (χ0n) is 16.4. The smallest absolute Gasteiger partial charge is 0.191 e. The summed E-state index contributed by atoms with van der Waals surface area (Å²) in [6, 6.07) is 6.49. The fourth-order valence-electron chi connectivity index (χ4n) is 2.40. The van der Waals surface area contributed by atoms with E-state index in [1.54, 1.807) is 14.2 Å². The maximum absolute atomic E-state index is 5.42. The van der Waals surface area contributed by atoms with Gasteiger partial charge in [0.25, 0.3) is 0 Å². The lowest BCUT2D eigenvalue weighted by Crippen LogP contribution is -2.41. The van der Waals surface area contributed by atoms with E-state index in [0.29, 0.717) is 12.6 Å². The molecule has 0 saturated heterocycles. The van der Waals surface area contributed by atoms with Gasteiger partial charge in [-0.3, -0.25) is 4.99 Å². The van der Waals surface area contributed by atoms with Gasteiger partial charge in [-0.15, -0.1) is 24.0 Å². The number of guanidine groups is 1. The Morgan fingerprint density at radius 3 is 2.28 bits per heavy atom. The highest BCUT2D eigenvalue weighted by Gasteiger charge is 2.16. The highest BCUT2D eigenvalue weighted by molar-refractivity contribution is 14.0. The van der Waals surface area contributed by atoms with Crippen LogP contribution in [0, 0.1) is 0 Å². The van der Waals surface area contributed by atoms with Crippen LogP contribution in [-0.2, 0) is 0 Å². The van der Waals surface area contributed by atoms with Gasteiger partial charge in [-0.2, -0.15) is 0 Å². The quantitative estimate of drug-likeness (QED) is 0.352. The molecular formula is C18H33IN4O2. The summed E-state index contributed by atoms with van der Waals surface area (Å²) in [5.74, 6) is 2.30. The Bertz CT molecular complexity index is 536. The molecule has 0 radical (unpaired) electrons. The van der Waals surface area contributed by atoms with Gasteiger partial charge in [0.2, 0.25) is 0 Å². The normalized spacial score (nSPS) is 12.6. The van der Waals surface area contributed by atoms with Gasteiger partial charge in [-0.1, -0.05) is 6.07 Å². The third-order valence-corrected chi connectivity index (χ3v) is 3.61. The van der Waals surface area contributed by atoms with E-state index in [4.69, 9.17) is 14.5 Å². The largest absolute Gasteiger partial charge is 0.493 e. The molecule has 0 aliphatic heterocycles. The molecule has 0 aliphatic carbocycles. The molecule has 0 fully saturated rings. The number of methoxy groups -OCH3 is 2. The number of nitrogens with one attached hydrogen (secondary N) is 2. The lowest BCUT2D eigenvalue weighted by Gasteiger charge is -2.25. The van der Waals surface area contributed by atoms with Gasteiger partial charge in [0.05, 0.1) is 26.8 Å². The average Bonchev–Trinajstić information content (AvgIpc) is 2.54. The molecule has 1 aromatic carbocycles. The predicted molar refractivity (Wildman–Crippen MR) is 116 cm³/mol. The maximum atomic E-state index is 5.42. The lowest BCUT2D eigenvalue weighted by molar-refractivity contribution is 0.303. The van der Waals surface area contributed by atoms with Crippen LogP contribution < -0.4 is 20.1 Å². The first-order valence-electron chi connectivity index (χ1n) is 8.36. The van der Waals surface area contributed by atoms with Gasteiger partial charge in [0.1, 0.15) is 0 Å². The van der Waals surface area contributed by atoms with Crippen LogP contribution in [0.1, 0.15) is 32.4 Å². The number of nitrogens with zero attached hydrogens (tertiary/aromatic N) is 2. The van der Waals surface area contributed by atoms with Crippen molar-refractivity contribution in [3.05, 3.63) is 23.8 Å². The SMILES string of the molecule is CCNC(=NCC(c1ccc(OC)c(OC)c1)N(C)C)NC(C)C.I. The van der Waals surface area contributed by atoms with Gasteiger partial charge in [-0.05, 0) is 52.6 Å². The molecule has 0 heterocycles. The molecule has 1 rings (SSSR count). The zero-order valence-corrected chi connectivity index (χ0v) is 18.8. The number of hydrogen-bond donors (Lipinski definition) is 2. The van der Waals surface area contributed by atoms with E-state index in [1.165, 1.54) is 0 Å². The number of likely N-dealkylation sites (N-methyl/N-ethyl adjacent to an activating group) is 1. The van der Waals surface area contributed by atoms with Gasteiger partial charge in [0, 0.05) is 12.6 Å². The molecule has 144 valence electrons. The summed E-state index contributed by atoms with van der Waals surface area (Å²) in [7, 11) is 7.41. The minimum Gasteiger partial charge on any atom is -0.493 e. The second-order valence-electron chi connectivity index (χ2n) is 6.11. The lowest BCUT2D eigenvalue weighted by atomic mass is 10.1. The second kappa shape index (κ2) is 12.2. The average molecular weight is 464 g/mol. The number of aliphatic imine (C=N–C) groups is 1. The monoisotopic (exact) mass is 464 g/mol. The molecule has 1 aromatic rings. The predicted octanol–water partition coefficient (Wildman–Crippen LogP) is 2.89. The molecule has 0 saturated carbocycles. The molecule has 6 nitrogen and oxygen atoms in total. The van der Waals surface area contributed by atoms with Crippen molar-refractivity contribution in [3.63, 3.8) is 0 Å². The number of rotatable bonds is 8. The van der Waals surface area contributed by atoms with Crippen LogP contribution >= 0.6 is 24.0 Å². The molecule has 1 atom stereocenters. The Balaban J connectivity index is 0.00000576. The molecule has 0 aromatic heterocycles. The van der Waals surface area contributed by atoms with Crippen LogP contribution in [0.15, 0.2) is 23.2 Å². The zero-order chi connectivity index (χ0) is 18.1. The summed E-state index contributed by atoms with van der Waals surface area (Å²) in [6.45, 7) is 7.75. The first kappa shape index (κ1) is 23.8. The van der Waals surface area contributed by atoms with Gasteiger partial charge in [0.15, 0.2) is 17.5 Å². The van der Waals surface area contributed by atoms with Crippen LogP contribution in [0.25, 0.3) is 0 Å². The van der Waals surface area contributed by atoms with Gasteiger partial charge >= 0.3 is 0 Å². The fourth-order valence-corrected chi connectivity index (χ4v) is 2.40. The van der Waals surface area contributed by atoms with E-state index in [9.17, 15) is 0 Å². The van der Waals surface area contributed by atoms with Gasteiger partial charge < -0.3 is 25.0 Å². The van der Waals surface area contributed by atoms with Crippen LogP contribution in [-0.4, -0.2) is 58.3 Å². The molecule has 0 amide bonds. The van der Waals surface area contributed by atoms with Crippen molar-refractivity contribution in [1.29, 1.82) is 0 Å². The Kier molecular flexibility index (Phi) is 11.6. The molecule has 1 unspecified atom stereocenters. The Labute approximate surface area is 169 Å². The molecule has 7 heteroatoms. The van der Waals surface area contributed by atoms with Crippen molar-refractivity contribution in [3.8, 4) is 11.5 Å². The number of halogens is 1. The Morgan fingerprint density at radius 2 is 1.80 bits per heavy atom. The first-order valence-corrected chi connectivity index (χ1v) is 8.36. The van der Waals surface area contributed by atoms with Crippen molar-refractivity contribution in [2.45, 2.75) is 32.9 Å². The summed E-state index contributed by atoms with van der Waals surface area (Å²) in [4.78, 5) is 6.89. The van der Waals surface area contributed by atoms with Crippen molar-refractivity contribution < 1.29 is 9.47 Å². The third kappa shape index (κ3) is 7.68. The second-order valence-corrected chi connectivity index (χ2v) is 6.11. The summed E-state index contributed by atoms with van der Waals surface area (Å²) in [5, 5.41) is 6.62. The van der Waals surface area contributed by atoms with E-state index in [1.807, 2.05) is 12.1 Å². The van der Waals surface area contributed by atoms with Crippen molar-refractivity contribution in [2.75, 3.05) is 41.4 Å². The standard InChI is InChI=1S/C18H32N4O2.HI/c1-8-19-18(21-13(2)3)20-12-15(22(4)5)14-9-10-16(23-6)17(11-14)24-7;/h9-11,13,15H,8,12H2,1-7H3,(H2,19,20,21);1H. The fraction of sp³-hybridized carbons (Fsp3) is 0.611. The van der Waals surface area contributed by atoms with E-state index in [2.05, 4.69) is 56.5 Å². The van der Waals surface area contributed by atoms with Crippen LogP contribution in [0.5, 0.6) is 11.5 Å². The summed E-state index contributed by atoms with van der Waals surface area (Å²) >= 11 is 0. The van der Waals surface area contributed by atoms with Crippen LogP contribution in [0.3, 0.4) is 0 Å². The topological polar surface area (TPSA) is 58.1 Å². The molecule has 0 spiro atoms. The van der Waals surface area contributed by atoms with Gasteiger partial charge in [-0.25, -0.2) is 0 Å². The number of hydrogen-bond acceptors (Lipinski definition) is 4. The van der Waals surface area contributed by atoms with Crippen LogP contribution in [0.2, 0.25) is 0 Å². The molecule has 0 aliphatic rings. The van der Waals surface area contributed by atoms with E-state index < -0.39 is 0 Å². The Morgan fingerprint density at radius 1 is 1.16 bits per heavy atom. The molecule has 2 N–H and O–H groups in total. The van der Waals surface area contributed by atoms with E-state index in [0.717, 1.165) is 29.6 Å².